The van der Waals surface area contributed by atoms with Gasteiger partial charge in [0.15, 0.2) is 0 Å². The third-order valence-corrected chi connectivity index (χ3v) is 1.93. The molecule has 6 heteroatoms. The van der Waals surface area contributed by atoms with E-state index in [1.807, 2.05) is 0 Å². The summed E-state index contributed by atoms with van der Waals surface area (Å²) in [5, 5.41) is 0. The van der Waals surface area contributed by atoms with E-state index in [1.54, 1.807) is 7.11 Å². The Kier molecular flexibility index (Phi) is 6.61. The van der Waals surface area contributed by atoms with Crippen LogP contribution in [0.4, 0.5) is 0 Å². The first-order valence-electron chi connectivity index (χ1n) is 3.67. The predicted molar refractivity (Wildman–Crippen MR) is 44.2 cm³/mol. The van der Waals surface area contributed by atoms with Crippen LogP contribution < -0.4 is 0 Å². The van der Waals surface area contributed by atoms with Crippen LogP contribution in [0.3, 0.4) is 0 Å². The Hall–Kier alpha value is 0.0700. The van der Waals surface area contributed by atoms with E-state index in [2.05, 4.69) is 0 Å². The van der Waals surface area contributed by atoms with Gasteiger partial charge in [-0.25, -0.2) is 0 Å². The zero-order chi connectivity index (χ0) is 9.45. The molecular formula is C6H15O5P. The van der Waals surface area contributed by atoms with Gasteiger partial charge in [0, 0.05) is 20.3 Å². The SMILES string of the molecule is COCCCOCCP(=O)(O)O. The molecule has 0 atom stereocenters. The van der Waals surface area contributed by atoms with Crippen molar-refractivity contribution in [2.75, 3.05) is 33.1 Å². The van der Waals surface area contributed by atoms with Crippen LogP contribution in [-0.2, 0) is 14.0 Å². The highest BCUT2D eigenvalue weighted by atomic mass is 31.2. The van der Waals surface area contributed by atoms with Gasteiger partial charge in [-0.2, -0.15) is 0 Å². The van der Waals surface area contributed by atoms with E-state index in [-0.39, 0.29) is 12.8 Å². The molecule has 0 aliphatic rings. The summed E-state index contributed by atoms with van der Waals surface area (Å²) < 4.78 is 20.0. The van der Waals surface area contributed by atoms with Crippen molar-refractivity contribution in [1.29, 1.82) is 0 Å². The van der Waals surface area contributed by atoms with Crippen molar-refractivity contribution in [1.82, 2.24) is 0 Å². The molecule has 0 fully saturated rings. The first kappa shape index (κ1) is 12.1. The monoisotopic (exact) mass is 198 g/mol. The van der Waals surface area contributed by atoms with Gasteiger partial charge >= 0.3 is 7.60 Å². The summed E-state index contributed by atoms with van der Waals surface area (Å²) in [6.45, 7) is 1.19. The van der Waals surface area contributed by atoms with Gasteiger partial charge in [-0.05, 0) is 6.42 Å². The van der Waals surface area contributed by atoms with Crippen LogP contribution >= 0.6 is 7.60 Å². The summed E-state index contributed by atoms with van der Waals surface area (Å²) in [6, 6.07) is 0. The molecule has 0 aromatic rings. The lowest BCUT2D eigenvalue weighted by Crippen LogP contribution is -2.04. The third kappa shape index (κ3) is 10.1. The Morgan fingerprint density at radius 1 is 1.25 bits per heavy atom. The molecule has 0 bridgehead atoms. The van der Waals surface area contributed by atoms with Gasteiger partial charge in [0.1, 0.15) is 0 Å². The molecule has 0 spiro atoms. The van der Waals surface area contributed by atoms with Crippen LogP contribution in [-0.4, -0.2) is 42.9 Å². The number of hydrogen-bond donors (Lipinski definition) is 2. The Morgan fingerprint density at radius 2 is 1.92 bits per heavy atom. The average molecular weight is 198 g/mol. The molecule has 0 aromatic carbocycles. The largest absolute Gasteiger partial charge is 0.385 e. The minimum atomic E-state index is -3.88. The van der Waals surface area contributed by atoms with Crippen molar-refractivity contribution in [2.45, 2.75) is 6.42 Å². The van der Waals surface area contributed by atoms with Gasteiger partial charge in [-0.1, -0.05) is 0 Å². The second kappa shape index (κ2) is 6.57. The van der Waals surface area contributed by atoms with E-state index >= 15 is 0 Å². The Balaban J connectivity index is 3.06. The van der Waals surface area contributed by atoms with Gasteiger partial charge in [-0.15, -0.1) is 0 Å². The van der Waals surface area contributed by atoms with E-state index in [0.29, 0.717) is 13.2 Å². The average Bonchev–Trinajstić information content (AvgIpc) is 1.94. The Morgan fingerprint density at radius 3 is 2.42 bits per heavy atom. The summed E-state index contributed by atoms with van der Waals surface area (Å²) in [4.78, 5) is 16.9. The lowest BCUT2D eigenvalue weighted by Gasteiger charge is -2.04. The summed E-state index contributed by atoms with van der Waals surface area (Å²) in [7, 11) is -2.28. The quantitative estimate of drug-likeness (QED) is 0.452. The molecule has 74 valence electrons. The molecule has 0 radical (unpaired) electrons. The van der Waals surface area contributed by atoms with Crippen LogP contribution in [0.5, 0.6) is 0 Å². The number of methoxy groups -OCH3 is 1. The lowest BCUT2D eigenvalue weighted by molar-refractivity contribution is 0.110. The van der Waals surface area contributed by atoms with Crippen LogP contribution in [0.15, 0.2) is 0 Å². The summed E-state index contributed by atoms with van der Waals surface area (Å²) in [6.07, 6.45) is 0.539. The van der Waals surface area contributed by atoms with Gasteiger partial charge in [0.2, 0.25) is 0 Å². The molecule has 0 amide bonds. The highest BCUT2D eigenvalue weighted by Crippen LogP contribution is 2.33. The van der Waals surface area contributed by atoms with E-state index in [0.717, 1.165) is 6.42 Å². The van der Waals surface area contributed by atoms with E-state index in [1.165, 1.54) is 0 Å². The van der Waals surface area contributed by atoms with Crippen LogP contribution in [0.25, 0.3) is 0 Å². The maximum Gasteiger partial charge on any atom is 0.327 e. The first-order valence-corrected chi connectivity index (χ1v) is 5.47. The van der Waals surface area contributed by atoms with Crippen molar-refractivity contribution < 1.29 is 23.8 Å². The van der Waals surface area contributed by atoms with Gasteiger partial charge in [0.05, 0.1) is 12.8 Å². The summed E-state index contributed by atoms with van der Waals surface area (Å²) in [5.74, 6) is 0. The highest BCUT2D eigenvalue weighted by molar-refractivity contribution is 7.51. The van der Waals surface area contributed by atoms with Crippen LogP contribution in [0.2, 0.25) is 0 Å². The van der Waals surface area contributed by atoms with Gasteiger partial charge in [0.25, 0.3) is 0 Å². The molecule has 2 N–H and O–H groups in total. The molecule has 12 heavy (non-hydrogen) atoms. The number of hydrogen-bond acceptors (Lipinski definition) is 3. The molecule has 0 aromatic heterocycles. The summed E-state index contributed by atoms with van der Waals surface area (Å²) in [5.41, 5.74) is 0. The van der Waals surface area contributed by atoms with Gasteiger partial charge < -0.3 is 19.3 Å². The van der Waals surface area contributed by atoms with E-state index < -0.39 is 7.60 Å². The molecule has 5 nitrogen and oxygen atoms in total. The van der Waals surface area contributed by atoms with Gasteiger partial charge in [-0.3, -0.25) is 4.57 Å². The van der Waals surface area contributed by atoms with Crippen molar-refractivity contribution >= 4 is 7.60 Å². The smallest absolute Gasteiger partial charge is 0.327 e. The molecular weight excluding hydrogens is 183 g/mol. The van der Waals surface area contributed by atoms with E-state index in [9.17, 15) is 4.57 Å². The van der Waals surface area contributed by atoms with Crippen LogP contribution in [0, 0.1) is 0 Å². The molecule has 0 saturated heterocycles. The maximum absolute atomic E-state index is 10.3. The zero-order valence-electron chi connectivity index (χ0n) is 7.10. The maximum atomic E-state index is 10.3. The normalized spacial score (nSPS) is 11.9. The van der Waals surface area contributed by atoms with Crippen molar-refractivity contribution in [3.8, 4) is 0 Å². The highest BCUT2D eigenvalue weighted by Gasteiger charge is 2.11. The standard InChI is InChI=1S/C6H15O5P/c1-10-3-2-4-11-5-6-12(7,8)9/h2-6H2,1H3,(H2,7,8,9). The second-order valence-corrected chi connectivity index (χ2v) is 4.12. The zero-order valence-corrected chi connectivity index (χ0v) is 8.00. The minimum absolute atomic E-state index is 0.105. The fourth-order valence-corrected chi connectivity index (χ4v) is 0.958. The number of ether oxygens (including phenoxy) is 2. The van der Waals surface area contributed by atoms with Crippen LogP contribution in [0.1, 0.15) is 6.42 Å². The molecule has 0 saturated carbocycles. The molecule has 0 aliphatic carbocycles. The first-order chi connectivity index (χ1) is 5.56. The Bertz CT molecular complexity index is 143. The Labute approximate surface area is 71.8 Å². The topological polar surface area (TPSA) is 76.0 Å². The molecule has 0 heterocycles. The molecule has 0 rings (SSSR count). The lowest BCUT2D eigenvalue weighted by atomic mass is 10.5. The van der Waals surface area contributed by atoms with Crippen molar-refractivity contribution in [2.24, 2.45) is 0 Å². The third-order valence-electron chi connectivity index (χ3n) is 1.16. The fraction of sp³-hybridized carbons (Fsp3) is 1.00. The fourth-order valence-electron chi connectivity index (χ4n) is 0.591. The second-order valence-electron chi connectivity index (χ2n) is 2.35. The van der Waals surface area contributed by atoms with Crippen molar-refractivity contribution in [3.63, 3.8) is 0 Å². The molecule has 0 aliphatic heterocycles. The predicted octanol–water partition coefficient (Wildman–Crippen LogP) is 0.217. The summed E-state index contributed by atoms with van der Waals surface area (Å²) >= 11 is 0. The van der Waals surface area contributed by atoms with Crippen molar-refractivity contribution in [3.05, 3.63) is 0 Å². The number of rotatable bonds is 7. The minimum Gasteiger partial charge on any atom is -0.385 e. The van der Waals surface area contributed by atoms with E-state index in [4.69, 9.17) is 19.3 Å². The molecule has 0 unspecified atom stereocenters.